The number of nitro benzene ring substituents is 2. The maximum Gasteiger partial charge on any atom is 0.269 e. The highest BCUT2D eigenvalue weighted by molar-refractivity contribution is 5.39. The monoisotopic (exact) mass is 354 g/mol. The van der Waals surface area contributed by atoms with Crippen LogP contribution in [0.15, 0.2) is 60.7 Å². The van der Waals surface area contributed by atoms with Gasteiger partial charge < -0.3 is 9.47 Å². The van der Waals surface area contributed by atoms with E-state index >= 15 is 0 Å². The Hall–Kier alpha value is -4.08. The summed E-state index contributed by atoms with van der Waals surface area (Å²) < 4.78 is 10.9. The Labute approximate surface area is 145 Å². The smallest absolute Gasteiger partial charge is 0.269 e. The van der Waals surface area contributed by atoms with Crippen molar-refractivity contribution < 1.29 is 19.3 Å². The molecule has 0 saturated heterocycles. The van der Waals surface area contributed by atoms with E-state index in [2.05, 4.69) is 10.2 Å². The molecule has 130 valence electrons. The molecule has 0 aliphatic rings. The van der Waals surface area contributed by atoms with Crippen LogP contribution in [0.5, 0.6) is 23.3 Å². The molecule has 1 aromatic heterocycles. The Morgan fingerprint density at radius 3 is 1.23 bits per heavy atom. The van der Waals surface area contributed by atoms with Crippen molar-refractivity contribution in [2.75, 3.05) is 0 Å². The minimum atomic E-state index is -0.506. The minimum Gasteiger partial charge on any atom is -0.438 e. The summed E-state index contributed by atoms with van der Waals surface area (Å²) in [7, 11) is 0. The van der Waals surface area contributed by atoms with Gasteiger partial charge >= 0.3 is 0 Å². The maximum absolute atomic E-state index is 10.6. The normalized spacial score (nSPS) is 10.2. The number of hydrogen-bond donors (Lipinski definition) is 0. The zero-order valence-corrected chi connectivity index (χ0v) is 13.0. The molecule has 2 aromatic carbocycles. The molecule has 0 radical (unpaired) electrons. The van der Waals surface area contributed by atoms with E-state index in [1.165, 1.54) is 60.7 Å². The van der Waals surface area contributed by atoms with Crippen LogP contribution in [-0.2, 0) is 0 Å². The van der Waals surface area contributed by atoms with Crippen molar-refractivity contribution >= 4 is 11.4 Å². The quantitative estimate of drug-likeness (QED) is 0.481. The lowest BCUT2D eigenvalue weighted by Gasteiger charge is -2.06. The minimum absolute atomic E-state index is 0.0460. The lowest BCUT2D eigenvalue weighted by Crippen LogP contribution is -1.94. The molecular weight excluding hydrogens is 344 g/mol. The maximum atomic E-state index is 10.6. The Bertz CT molecular complexity index is 848. The summed E-state index contributed by atoms with van der Waals surface area (Å²) >= 11 is 0. The SMILES string of the molecule is O=[N+]([O-])c1ccc(Oc2ccc(Oc3ccc([N+](=O)[O-])cc3)nn2)cc1. The van der Waals surface area contributed by atoms with Gasteiger partial charge in [0.25, 0.3) is 11.4 Å². The van der Waals surface area contributed by atoms with Crippen molar-refractivity contribution in [1.29, 1.82) is 0 Å². The van der Waals surface area contributed by atoms with Crippen LogP contribution in [0.25, 0.3) is 0 Å². The van der Waals surface area contributed by atoms with Crippen molar-refractivity contribution in [3.63, 3.8) is 0 Å². The van der Waals surface area contributed by atoms with E-state index in [1.807, 2.05) is 0 Å². The van der Waals surface area contributed by atoms with Gasteiger partial charge in [0.2, 0.25) is 11.8 Å². The summed E-state index contributed by atoms with van der Waals surface area (Å²) in [5.41, 5.74) is -0.0921. The van der Waals surface area contributed by atoms with Gasteiger partial charge in [-0.1, -0.05) is 0 Å². The van der Waals surface area contributed by atoms with Crippen LogP contribution in [0, 0.1) is 20.2 Å². The topological polar surface area (TPSA) is 131 Å². The molecule has 0 aliphatic carbocycles. The van der Waals surface area contributed by atoms with Crippen molar-refractivity contribution in [2.24, 2.45) is 0 Å². The summed E-state index contributed by atoms with van der Waals surface area (Å²) in [6.07, 6.45) is 0. The number of non-ortho nitro benzene ring substituents is 2. The molecule has 0 bridgehead atoms. The molecule has 0 atom stereocenters. The summed E-state index contributed by atoms with van der Waals surface area (Å²) in [6.45, 7) is 0. The van der Waals surface area contributed by atoms with Crippen LogP contribution in [0.2, 0.25) is 0 Å². The number of nitro groups is 2. The first-order chi connectivity index (χ1) is 12.5. The average molecular weight is 354 g/mol. The first-order valence-corrected chi connectivity index (χ1v) is 7.19. The molecule has 10 heteroatoms. The van der Waals surface area contributed by atoms with Gasteiger partial charge in [-0.15, -0.1) is 10.2 Å². The van der Waals surface area contributed by atoms with E-state index in [0.29, 0.717) is 11.5 Å². The molecule has 10 nitrogen and oxygen atoms in total. The fourth-order valence-electron chi connectivity index (χ4n) is 1.93. The second kappa shape index (κ2) is 7.21. The van der Waals surface area contributed by atoms with E-state index in [4.69, 9.17) is 9.47 Å². The van der Waals surface area contributed by atoms with Crippen LogP contribution < -0.4 is 9.47 Å². The zero-order valence-electron chi connectivity index (χ0n) is 13.0. The first-order valence-electron chi connectivity index (χ1n) is 7.19. The van der Waals surface area contributed by atoms with Crippen molar-refractivity contribution in [2.45, 2.75) is 0 Å². The molecule has 0 saturated carbocycles. The number of ether oxygens (including phenoxy) is 2. The first kappa shape index (κ1) is 16.8. The summed E-state index contributed by atoms with van der Waals surface area (Å²) in [4.78, 5) is 20.2. The van der Waals surface area contributed by atoms with Crippen molar-refractivity contribution in [3.8, 4) is 23.3 Å². The number of nitrogens with zero attached hydrogens (tertiary/aromatic N) is 4. The second-order valence-corrected chi connectivity index (χ2v) is 4.92. The highest BCUT2D eigenvalue weighted by Gasteiger charge is 2.08. The molecule has 0 unspecified atom stereocenters. The predicted molar refractivity (Wildman–Crippen MR) is 88.4 cm³/mol. The van der Waals surface area contributed by atoms with Gasteiger partial charge in [0.1, 0.15) is 11.5 Å². The van der Waals surface area contributed by atoms with Gasteiger partial charge in [-0.25, -0.2) is 0 Å². The van der Waals surface area contributed by atoms with Crippen LogP contribution in [-0.4, -0.2) is 20.0 Å². The highest BCUT2D eigenvalue weighted by atomic mass is 16.6. The molecule has 0 amide bonds. The molecule has 26 heavy (non-hydrogen) atoms. The zero-order chi connectivity index (χ0) is 18.5. The Morgan fingerprint density at radius 1 is 0.615 bits per heavy atom. The lowest BCUT2D eigenvalue weighted by atomic mass is 10.3. The van der Waals surface area contributed by atoms with Crippen molar-refractivity contribution in [3.05, 3.63) is 80.9 Å². The second-order valence-electron chi connectivity index (χ2n) is 4.92. The Kier molecular flexibility index (Phi) is 4.65. The van der Waals surface area contributed by atoms with Crippen LogP contribution in [0.1, 0.15) is 0 Å². The standard InChI is InChI=1S/C16H10N4O6/c21-19(22)11-1-5-13(6-2-11)25-15-9-10-16(18-17-15)26-14-7-3-12(4-8-14)20(23)24/h1-10H. The summed E-state index contributed by atoms with van der Waals surface area (Å²) in [6, 6.07) is 14.1. The molecule has 0 fully saturated rings. The van der Waals surface area contributed by atoms with E-state index in [9.17, 15) is 20.2 Å². The summed E-state index contributed by atoms with van der Waals surface area (Å²) in [5.74, 6) is 1.09. The molecule has 3 rings (SSSR count). The van der Waals surface area contributed by atoms with Crippen LogP contribution in [0.4, 0.5) is 11.4 Å². The third-order valence-corrected chi connectivity index (χ3v) is 3.16. The molecule has 0 aliphatic heterocycles. The number of aromatic nitrogens is 2. The predicted octanol–water partition coefficient (Wildman–Crippen LogP) is 3.88. The molecule has 1 heterocycles. The molecule has 0 N–H and O–H groups in total. The fraction of sp³-hybridized carbons (Fsp3) is 0. The molecular formula is C16H10N4O6. The average Bonchev–Trinajstić information content (AvgIpc) is 2.64. The Morgan fingerprint density at radius 2 is 0.962 bits per heavy atom. The number of benzene rings is 2. The third kappa shape index (κ3) is 4.06. The van der Waals surface area contributed by atoms with Gasteiger partial charge in [-0.2, -0.15) is 0 Å². The van der Waals surface area contributed by atoms with E-state index < -0.39 is 9.85 Å². The van der Waals surface area contributed by atoms with Gasteiger partial charge in [0.15, 0.2) is 0 Å². The van der Waals surface area contributed by atoms with Gasteiger partial charge in [-0.3, -0.25) is 20.2 Å². The Balaban J connectivity index is 1.64. The highest BCUT2D eigenvalue weighted by Crippen LogP contribution is 2.25. The summed E-state index contributed by atoms with van der Waals surface area (Å²) in [5, 5.41) is 28.9. The fourth-order valence-corrected chi connectivity index (χ4v) is 1.93. The molecule has 0 spiro atoms. The largest absolute Gasteiger partial charge is 0.438 e. The number of hydrogen-bond acceptors (Lipinski definition) is 8. The van der Waals surface area contributed by atoms with Crippen LogP contribution in [0.3, 0.4) is 0 Å². The molecule has 3 aromatic rings. The number of rotatable bonds is 6. The van der Waals surface area contributed by atoms with Gasteiger partial charge in [0.05, 0.1) is 9.85 Å². The van der Waals surface area contributed by atoms with E-state index in [1.54, 1.807) is 0 Å². The van der Waals surface area contributed by atoms with E-state index in [0.717, 1.165) is 0 Å². The van der Waals surface area contributed by atoms with Gasteiger partial charge in [-0.05, 0) is 24.3 Å². The third-order valence-electron chi connectivity index (χ3n) is 3.16. The van der Waals surface area contributed by atoms with Crippen LogP contribution >= 0.6 is 0 Å². The van der Waals surface area contributed by atoms with E-state index in [-0.39, 0.29) is 23.1 Å². The van der Waals surface area contributed by atoms with Gasteiger partial charge in [0, 0.05) is 36.4 Å². The lowest BCUT2D eigenvalue weighted by molar-refractivity contribution is -0.385. The van der Waals surface area contributed by atoms with Crippen molar-refractivity contribution in [1.82, 2.24) is 10.2 Å².